The van der Waals surface area contributed by atoms with Crippen LogP contribution in [-0.2, 0) is 9.59 Å². The summed E-state index contributed by atoms with van der Waals surface area (Å²) in [4.78, 5) is 39.2. The maximum absolute atomic E-state index is 12.9. The maximum Gasteiger partial charge on any atom is 0.262 e. The number of hydrogen-bond acceptors (Lipinski definition) is 5. The molecule has 1 N–H and O–H groups in total. The van der Waals surface area contributed by atoms with Gasteiger partial charge in [-0.05, 0) is 48.9 Å². The van der Waals surface area contributed by atoms with Gasteiger partial charge >= 0.3 is 0 Å². The van der Waals surface area contributed by atoms with E-state index in [1.165, 1.54) is 0 Å². The van der Waals surface area contributed by atoms with E-state index >= 15 is 0 Å². The molecule has 3 aromatic carbocycles. The quantitative estimate of drug-likeness (QED) is 0.482. The van der Waals surface area contributed by atoms with E-state index in [1.807, 2.05) is 31.2 Å². The van der Waals surface area contributed by atoms with Gasteiger partial charge in [0, 0.05) is 47.9 Å². The van der Waals surface area contributed by atoms with Crippen LogP contribution in [-0.4, -0.2) is 37.2 Å². The van der Waals surface area contributed by atoms with Gasteiger partial charge in [-0.2, -0.15) is 0 Å². The number of ether oxygens (including phenoxy) is 1. The van der Waals surface area contributed by atoms with Crippen LogP contribution >= 0.6 is 11.6 Å². The molecule has 0 saturated carbocycles. The van der Waals surface area contributed by atoms with Crippen LogP contribution in [0.15, 0.2) is 66.7 Å². The van der Waals surface area contributed by atoms with E-state index in [-0.39, 0.29) is 18.3 Å². The zero-order valence-corrected chi connectivity index (χ0v) is 19.6. The summed E-state index contributed by atoms with van der Waals surface area (Å²) >= 11 is 6.10. The van der Waals surface area contributed by atoms with Crippen LogP contribution in [0.2, 0.25) is 5.02 Å². The minimum absolute atomic E-state index is 0.232. The molecule has 0 radical (unpaired) electrons. The Morgan fingerprint density at radius 1 is 1.00 bits per heavy atom. The Hall–Kier alpha value is -3.64. The number of rotatable bonds is 7. The van der Waals surface area contributed by atoms with Crippen molar-refractivity contribution in [2.24, 2.45) is 0 Å². The number of carbonyl (C=O) groups excluding carboxylic acids is 3. The Balaban J connectivity index is 1.41. The number of carbonyl (C=O) groups is 3. The average Bonchev–Trinajstić information content (AvgIpc) is 2.85. The first kappa shape index (κ1) is 23.5. The van der Waals surface area contributed by atoms with Crippen molar-refractivity contribution in [3.63, 3.8) is 0 Å². The van der Waals surface area contributed by atoms with Crippen LogP contribution in [0.25, 0.3) is 0 Å². The number of nitrogens with zero attached hydrogens (tertiary/aromatic N) is 1. The summed E-state index contributed by atoms with van der Waals surface area (Å²) in [5.74, 6) is 0.0168. The van der Waals surface area contributed by atoms with Crippen LogP contribution < -0.4 is 15.0 Å². The Kier molecular flexibility index (Phi) is 7.28. The van der Waals surface area contributed by atoms with Crippen molar-refractivity contribution in [1.82, 2.24) is 0 Å². The summed E-state index contributed by atoms with van der Waals surface area (Å²) in [6.07, 6.45) is 1.13. The Morgan fingerprint density at radius 3 is 2.44 bits per heavy atom. The van der Waals surface area contributed by atoms with Crippen LogP contribution in [0.1, 0.15) is 34.3 Å². The van der Waals surface area contributed by atoms with Gasteiger partial charge in [-0.25, -0.2) is 0 Å². The first-order valence-electron chi connectivity index (χ1n) is 11.1. The Morgan fingerprint density at radius 2 is 1.74 bits per heavy atom. The molecule has 7 heteroatoms. The van der Waals surface area contributed by atoms with E-state index in [1.54, 1.807) is 42.5 Å². The number of Topliss-reactive ketones (excluding diaryl/α,β-unsaturated/α-hetero) is 1. The molecule has 0 spiro atoms. The highest BCUT2D eigenvalue weighted by atomic mass is 35.5. The number of hydrogen-bond donors (Lipinski definition) is 1. The van der Waals surface area contributed by atoms with Crippen LogP contribution in [0.3, 0.4) is 0 Å². The summed E-state index contributed by atoms with van der Waals surface area (Å²) in [5.41, 5.74) is 3.43. The molecule has 4 rings (SSSR count). The molecular formula is C27H25ClN2O4. The molecule has 6 nitrogen and oxygen atoms in total. The van der Waals surface area contributed by atoms with Crippen molar-refractivity contribution >= 4 is 40.4 Å². The average molecular weight is 477 g/mol. The smallest absolute Gasteiger partial charge is 0.262 e. The van der Waals surface area contributed by atoms with E-state index in [9.17, 15) is 14.4 Å². The van der Waals surface area contributed by atoms with Gasteiger partial charge in [0.15, 0.2) is 12.4 Å². The van der Waals surface area contributed by atoms with Crippen molar-refractivity contribution in [1.29, 1.82) is 0 Å². The van der Waals surface area contributed by atoms with Crippen molar-refractivity contribution in [2.75, 3.05) is 29.9 Å². The molecule has 3 aromatic rings. The highest BCUT2D eigenvalue weighted by Gasteiger charge is 2.18. The SMILES string of the molecule is Cc1cc(N2CCC(=O)CC2)ccc1NC(=O)COc1ccc(Cl)cc1C(=O)c1ccccc1. The Bertz CT molecular complexity index is 1220. The van der Waals surface area contributed by atoms with Crippen LogP contribution in [0, 0.1) is 6.92 Å². The van der Waals surface area contributed by atoms with Gasteiger partial charge in [-0.15, -0.1) is 0 Å². The van der Waals surface area contributed by atoms with Crippen LogP contribution in [0.4, 0.5) is 11.4 Å². The number of ketones is 2. The second-order valence-electron chi connectivity index (χ2n) is 8.20. The molecule has 1 aliphatic rings. The standard InChI is InChI=1S/C27H25ClN2O4/c1-18-15-21(30-13-11-22(31)12-14-30)8-9-24(18)29-26(32)17-34-25-10-7-20(28)16-23(25)27(33)19-5-3-2-4-6-19/h2-10,15-16H,11-14,17H2,1H3,(H,29,32). The predicted octanol–water partition coefficient (Wildman–Crippen LogP) is 5.07. The number of nitrogens with one attached hydrogen (secondary N) is 1. The minimum atomic E-state index is -0.340. The minimum Gasteiger partial charge on any atom is -0.483 e. The van der Waals surface area contributed by atoms with E-state index in [0.29, 0.717) is 59.3 Å². The number of anilines is 2. The summed E-state index contributed by atoms with van der Waals surface area (Å²) in [5, 5.41) is 3.27. The van der Waals surface area contributed by atoms with Gasteiger partial charge in [0.2, 0.25) is 0 Å². The first-order valence-corrected chi connectivity index (χ1v) is 11.5. The molecule has 1 aliphatic heterocycles. The molecule has 0 bridgehead atoms. The lowest BCUT2D eigenvalue weighted by Gasteiger charge is -2.28. The summed E-state index contributed by atoms with van der Waals surface area (Å²) in [6.45, 7) is 3.09. The Labute approximate surface area is 203 Å². The van der Waals surface area contributed by atoms with Gasteiger partial charge in [0.25, 0.3) is 5.91 Å². The van der Waals surface area contributed by atoms with E-state index in [2.05, 4.69) is 10.2 Å². The second kappa shape index (κ2) is 10.5. The zero-order chi connectivity index (χ0) is 24.1. The highest BCUT2D eigenvalue weighted by molar-refractivity contribution is 6.31. The fraction of sp³-hybridized carbons (Fsp3) is 0.222. The lowest BCUT2D eigenvalue weighted by atomic mass is 10.0. The third-order valence-electron chi connectivity index (χ3n) is 5.75. The summed E-state index contributed by atoms with van der Waals surface area (Å²) in [7, 11) is 0. The normalized spacial score (nSPS) is 13.5. The summed E-state index contributed by atoms with van der Waals surface area (Å²) < 4.78 is 5.71. The first-order chi connectivity index (χ1) is 16.4. The topological polar surface area (TPSA) is 75.7 Å². The van der Waals surface area contributed by atoms with Gasteiger partial charge in [-0.3, -0.25) is 14.4 Å². The van der Waals surface area contributed by atoms with Gasteiger partial charge in [0.1, 0.15) is 11.5 Å². The van der Waals surface area contributed by atoms with E-state index in [4.69, 9.17) is 16.3 Å². The summed E-state index contributed by atoms with van der Waals surface area (Å²) in [6, 6.07) is 19.4. The molecule has 0 aliphatic carbocycles. The van der Waals surface area contributed by atoms with Crippen molar-refractivity contribution in [3.05, 3.63) is 88.4 Å². The fourth-order valence-electron chi connectivity index (χ4n) is 3.88. The molecular weight excluding hydrogens is 452 g/mol. The second-order valence-corrected chi connectivity index (χ2v) is 8.63. The number of benzene rings is 3. The number of aryl methyl sites for hydroxylation is 1. The monoisotopic (exact) mass is 476 g/mol. The van der Waals surface area contributed by atoms with Gasteiger partial charge in [-0.1, -0.05) is 41.9 Å². The van der Waals surface area contributed by atoms with E-state index in [0.717, 1.165) is 11.3 Å². The van der Waals surface area contributed by atoms with Crippen molar-refractivity contribution < 1.29 is 19.1 Å². The molecule has 1 saturated heterocycles. The number of halogens is 1. The molecule has 0 unspecified atom stereocenters. The zero-order valence-electron chi connectivity index (χ0n) is 18.8. The van der Waals surface area contributed by atoms with Crippen molar-refractivity contribution in [2.45, 2.75) is 19.8 Å². The molecule has 174 valence electrons. The number of amides is 1. The highest BCUT2D eigenvalue weighted by Crippen LogP contribution is 2.27. The fourth-order valence-corrected chi connectivity index (χ4v) is 4.05. The molecule has 1 amide bonds. The molecule has 34 heavy (non-hydrogen) atoms. The largest absolute Gasteiger partial charge is 0.483 e. The molecule has 0 aromatic heterocycles. The molecule has 1 heterocycles. The predicted molar refractivity (Wildman–Crippen MR) is 133 cm³/mol. The third-order valence-corrected chi connectivity index (χ3v) is 5.99. The molecule has 1 fully saturated rings. The van der Waals surface area contributed by atoms with E-state index < -0.39 is 0 Å². The lowest BCUT2D eigenvalue weighted by molar-refractivity contribution is -0.119. The van der Waals surface area contributed by atoms with Gasteiger partial charge < -0.3 is 15.0 Å². The number of piperidine rings is 1. The lowest BCUT2D eigenvalue weighted by Crippen LogP contribution is -2.33. The van der Waals surface area contributed by atoms with Gasteiger partial charge in [0.05, 0.1) is 5.56 Å². The molecule has 0 atom stereocenters. The maximum atomic E-state index is 12.9. The van der Waals surface area contributed by atoms with Crippen molar-refractivity contribution in [3.8, 4) is 5.75 Å². The third kappa shape index (κ3) is 5.64. The van der Waals surface area contributed by atoms with Crippen LogP contribution in [0.5, 0.6) is 5.75 Å².